The maximum atomic E-state index is 5.17. The third kappa shape index (κ3) is 3.50. The quantitative estimate of drug-likeness (QED) is 0.484. The zero-order chi connectivity index (χ0) is 20.7. The Balaban J connectivity index is 1.43. The highest BCUT2D eigenvalue weighted by Crippen LogP contribution is 2.40. The number of aromatic nitrogens is 6. The van der Waals surface area contributed by atoms with E-state index < -0.39 is 0 Å². The Morgan fingerprint density at radius 3 is 2.93 bits per heavy atom. The number of H-pyrrole nitrogens is 1. The van der Waals surface area contributed by atoms with Gasteiger partial charge in [0.25, 0.3) is 0 Å². The van der Waals surface area contributed by atoms with E-state index in [0.717, 1.165) is 52.4 Å². The summed E-state index contributed by atoms with van der Waals surface area (Å²) in [5.41, 5.74) is 3.06. The fraction of sp³-hybridized carbons (Fsp3) is 0.316. The number of aryl methyl sites for hydroxylation is 2. The van der Waals surface area contributed by atoms with Gasteiger partial charge in [-0.2, -0.15) is 10.1 Å². The summed E-state index contributed by atoms with van der Waals surface area (Å²) in [6.07, 6.45) is 4.40. The molecule has 1 aliphatic rings. The molecule has 0 atom stereocenters. The zero-order valence-corrected chi connectivity index (χ0v) is 18.4. The molecule has 0 fully saturated rings. The SMILES string of the molecule is COc1ccnc(Nc2nc3c(s2)CCN(Cc2sc(C)nc2C)c2[nH]ncc2-3)n1. The number of ether oxygens (including phenoxy) is 1. The van der Waals surface area contributed by atoms with Crippen LogP contribution in [-0.2, 0) is 13.0 Å². The molecule has 0 unspecified atom stereocenters. The summed E-state index contributed by atoms with van der Waals surface area (Å²) in [6.45, 7) is 5.80. The van der Waals surface area contributed by atoms with Crippen molar-refractivity contribution in [2.75, 3.05) is 23.9 Å². The van der Waals surface area contributed by atoms with Gasteiger partial charge in [-0.3, -0.25) is 10.4 Å². The van der Waals surface area contributed by atoms with E-state index in [4.69, 9.17) is 9.72 Å². The number of nitrogens with one attached hydrogen (secondary N) is 2. The second-order valence-corrected chi connectivity index (χ2v) is 9.26. The van der Waals surface area contributed by atoms with E-state index in [2.05, 4.69) is 42.3 Å². The molecule has 5 heterocycles. The molecule has 5 rings (SSSR count). The number of hydrogen-bond donors (Lipinski definition) is 2. The van der Waals surface area contributed by atoms with Crippen LogP contribution in [0.15, 0.2) is 18.5 Å². The Bertz CT molecular complexity index is 1200. The van der Waals surface area contributed by atoms with E-state index in [1.807, 2.05) is 13.1 Å². The van der Waals surface area contributed by atoms with Crippen LogP contribution >= 0.6 is 22.7 Å². The monoisotopic (exact) mass is 440 g/mol. The Labute approximate surface area is 181 Å². The molecule has 0 saturated carbocycles. The summed E-state index contributed by atoms with van der Waals surface area (Å²) >= 11 is 3.37. The molecule has 0 saturated heterocycles. The standard InChI is InChI=1S/C19H20N8OS2/c1-10-14(29-11(2)22-10)9-27-7-5-13-16(12-8-21-26-17(12)27)24-19(30-13)25-18-20-6-4-15(23-18)28-3/h4,6,8H,5,7,9H2,1-3H3,(H,21,26)(H,20,23,24,25). The highest BCUT2D eigenvalue weighted by molar-refractivity contribution is 7.16. The van der Waals surface area contributed by atoms with Crippen molar-refractivity contribution in [2.24, 2.45) is 0 Å². The van der Waals surface area contributed by atoms with Gasteiger partial charge in [0.15, 0.2) is 5.13 Å². The van der Waals surface area contributed by atoms with Crippen LogP contribution < -0.4 is 15.0 Å². The van der Waals surface area contributed by atoms with Gasteiger partial charge in [0.1, 0.15) is 5.82 Å². The molecular formula is C19H20N8OS2. The number of fused-ring (bicyclic) bond motifs is 3. The highest BCUT2D eigenvalue weighted by Gasteiger charge is 2.26. The number of rotatable bonds is 5. The second-order valence-electron chi connectivity index (χ2n) is 6.88. The normalized spacial score (nSPS) is 13.0. The fourth-order valence-corrected chi connectivity index (χ4v) is 5.40. The molecule has 0 radical (unpaired) electrons. The first-order chi connectivity index (χ1) is 14.6. The Kier molecular flexibility index (Phi) is 4.83. The first-order valence-electron chi connectivity index (χ1n) is 9.46. The molecule has 154 valence electrons. The average Bonchev–Trinajstić information content (AvgIpc) is 3.42. The Morgan fingerprint density at radius 2 is 2.13 bits per heavy atom. The lowest BCUT2D eigenvalue weighted by Gasteiger charge is -2.21. The van der Waals surface area contributed by atoms with Crippen LogP contribution in [0.5, 0.6) is 5.88 Å². The molecule has 4 aromatic heterocycles. The largest absolute Gasteiger partial charge is 0.481 e. The minimum absolute atomic E-state index is 0.461. The Hall–Kier alpha value is -3.05. The average molecular weight is 441 g/mol. The molecule has 0 spiro atoms. The second kappa shape index (κ2) is 7.65. The van der Waals surface area contributed by atoms with Crippen molar-refractivity contribution in [1.29, 1.82) is 0 Å². The van der Waals surface area contributed by atoms with Gasteiger partial charge >= 0.3 is 0 Å². The van der Waals surface area contributed by atoms with Crippen LogP contribution in [0.4, 0.5) is 16.9 Å². The maximum absolute atomic E-state index is 5.17. The molecule has 9 nitrogen and oxygen atoms in total. The summed E-state index contributed by atoms with van der Waals surface area (Å²) < 4.78 is 5.17. The first-order valence-corrected chi connectivity index (χ1v) is 11.1. The van der Waals surface area contributed by atoms with E-state index in [0.29, 0.717) is 11.8 Å². The topological polar surface area (TPSA) is 105 Å². The molecule has 2 N–H and O–H groups in total. The van der Waals surface area contributed by atoms with Crippen LogP contribution in [0, 0.1) is 13.8 Å². The number of hydrogen-bond acceptors (Lipinski definition) is 10. The van der Waals surface area contributed by atoms with Crippen LogP contribution in [0.2, 0.25) is 0 Å². The predicted molar refractivity (Wildman–Crippen MR) is 118 cm³/mol. The van der Waals surface area contributed by atoms with E-state index in [1.54, 1.807) is 42.0 Å². The van der Waals surface area contributed by atoms with Crippen molar-refractivity contribution in [3.8, 4) is 17.1 Å². The van der Waals surface area contributed by atoms with Gasteiger partial charge in [-0.15, -0.1) is 22.7 Å². The van der Waals surface area contributed by atoms with Crippen molar-refractivity contribution >= 4 is 39.6 Å². The summed E-state index contributed by atoms with van der Waals surface area (Å²) in [5.74, 6) is 1.96. The van der Waals surface area contributed by atoms with Crippen LogP contribution in [0.25, 0.3) is 11.3 Å². The molecule has 4 aromatic rings. The minimum atomic E-state index is 0.461. The predicted octanol–water partition coefficient (Wildman–Crippen LogP) is 3.71. The molecule has 1 aliphatic heterocycles. The Morgan fingerprint density at radius 1 is 1.23 bits per heavy atom. The third-order valence-electron chi connectivity index (χ3n) is 4.89. The van der Waals surface area contributed by atoms with Gasteiger partial charge < -0.3 is 9.64 Å². The summed E-state index contributed by atoms with van der Waals surface area (Å²) in [6, 6.07) is 1.71. The number of methoxy groups -OCH3 is 1. The van der Waals surface area contributed by atoms with Crippen LogP contribution in [0.3, 0.4) is 0 Å². The summed E-state index contributed by atoms with van der Waals surface area (Å²) in [7, 11) is 1.58. The van der Waals surface area contributed by atoms with Crippen LogP contribution in [-0.4, -0.2) is 43.8 Å². The lowest BCUT2D eigenvalue weighted by molar-refractivity contribution is 0.397. The summed E-state index contributed by atoms with van der Waals surface area (Å²) in [5, 5.41) is 12.5. The van der Waals surface area contributed by atoms with Crippen molar-refractivity contribution in [2.45, 2.75) is 26.8 Å². The van der Waals surface area contributed by atoms with E-state index in [9.17, 15) is 0 Å². The molecular weight excluding hydrogens is 420 g/mol. The van der Waals surface area contributed by atoms with Crippen molar-refractivity contribution in [1.82, 2.24) is 30.1 Å². The number of nitrogens with zero attached hydrogens (tertiary/aromatic N) is 6. The molecule has 30 heavy (non-hydrogen) atoms. The molecule has 11 heteroatoms. The zero-order valence-electron chi connectivity index (χ0n) is 16.8. The maximum Gasteiger partial charge on any atom is 0.232 e. The van der Waals surface area contributed by atoms with E-state index >= 15 is 0 Å². The van der Waals surface area contributed by atoms with Gasteiger partial charge in [0.05, 0.1) is 41.8 Å². The van der Waals surface area contributed by atoms with Crippen molar-refractivity contribution < 1.29 is 4.74 Å². The van der Waals surface area contributed by atoms with Gasteiger partial charge in [-0.1, -0.05) is 0 Å². The molecule has 0 aliphatic carbocycles. The molecule has 0 bridgehead atoms. The lowest BCUT2D eigenvalue weighted by Crippen LogP contribution is -2.24. The van der Waals surface area contributed by atoms with Gasteiger partial charge in [-0.25, -0.2) is 15.0 Å². The van der Waals surface area contributed by atoms with Crippen LogP contribution in [0.1, 0.15) is 20.5 Å². The minimum Gasteiger partial charge on any atom is -0.481 e. The number of aromatic amines is 1. The van der Waals surface area contributed by atoms with E-state index in [-0.39, 0.29) is 0 Å². The van der Waals surface area contributed by atoms with Gasteiger partial charge in [0, 0.05) is 35.0 Å². The van der Waals surface area contributed by atoms with E-state index in [1.165, 1.54) is 9.75 Å². The fourth-order valence-electron chi connectivity index (χ4n) is 3.49. The number of anilines is 3. The highest BCUT2D eigenvalue weighted by atomic mass is 32.1. The van der Waals surface area contributed by atoms with Crippen molar-refractivity contribution in [3.05, 3.63) is 38.9 Å². The third-order valence-corrected chi connectivity index (χ3v) is 6.98. The number of thiazole rings is 2. The summed E-state index contributed by atoms with van der Waals surface area (Å²) in [4.78, 5) is 22.8. The van der Waals surface area contributed by atoms with Gasteiger partial charge in [-0.05, 0) is 13.8 Å². The van der Waals surface area contributed by atoms with Gasteiger partial charge in [0.2, 0.25) is 11.8 Å². The molecule has 0 aromatic carbocycles. The molecule has 0 amide bonds. The van der Waals surface area contributed by atoms with Crippen molar-refractivity contribution in [3.63, 3.8) is 0 Å². The lowest BCUT2D eigenvalue weighted by atomic mass is 10.2. The smallest absolute Gasteiger partial charge is 0.232 e. The first kappa shape index (κ1) is 18.9.